The van der Waals surface area contributed by atoms with Crippen molar-refractivity contribution in [2.45, 2.75) is 0 Å². The maximum absolute atomic E-state index is 12.7. The second kappa shape index (κ2) is 7.07. The summed E-state index contributed by atoms with van der Waals surface area (Å²) in [7, 11) is 0. The Balaban J connectivity index is 1.48. The summed E-state index contributed by atoms with van der Waals surface area (Å²) in [5, 5.41) is 0.451. The second-order valence-corrected chi connectivity index (χ2v) is 6.42. The van der Waals surface area contributed by atoms with E-state index in [4.69, 9.17) is 4.42 Å². The van der Waals surface area contributed by atoms with Crippen LogP contribution in [0.1, 0.15) is 20.9 Å². The van der Waals surface area contributed by atoms with Gasteiger partial charge in [0.2, 0.25) is 0 Å². The Labute approximate surface area is 155 Å². The third kappa shape index (κ3) is 3.33. The third-order valence-electron chi connectivity index (χ3n) is 4.72. The van der Waals surface area contributed by atoms with Crippen LogP contribution in [0.25, 0.3) is 11.0 Å². The van der Waals surface area contributed by atoms with Crippen molar-refractivity contribution in [2.24, 2.45) is 0 Å². The molecule has 27 heavy (non-hydrogen) atoms. The molecule has 0 spiro atoms. The minimum Gasteiger partial charge on any atom is -0.451 e. The van der Waals surface area contributed by atoms with Crippen LogP contribution in [0.2, 0.25) is 0 Å². The highest BCUT2D eigenvalue weighted by Gasteiger charge is 2.27. The Morgan fingerprint density at radius 2 is 1.37 bits per heavy atom. The first-order valence-corrected chi connectivity index (χ1v) is 8.80. The van der Waals surface area contributed by atoms with Gasteiger partial charge in [-0.3, -0.25) is 14.4 Å². The molecule has 1 saturated heterocycles. The molecule has 0 saturated carbocycles. The highest BCUT2D eigenvalue weighted by atomic mass is 16.3. The number of fused-ring (bicyclic) bond motifs is 1. The fraction of sp³-hybridized carbons (Fsp3) is 0.190. The molecule has 1 aliphatic rings. The first-order chi connectivity index (χ1) is 13.1. The average molecular weight is 362 g/mol. The monoisotopic (exact) mass is 362 g/mol. The number of benzene rings is 2. The highest BCUT2D eigenvalue weighted by molar-refractivity contribution is 5.95. The number of hydrogen-bond donors (Lipinski definition) is 0. The number of nitrogens with zero attached hydrogens (tertiary/aromatic N) is 2. The lowest BCUT2D eigenvalue weighted by Gasteiger charge is -2.34. The quantitative estimate of drug-likeness (QED) is 0.702. The van der Waals surface area contributed by atoms with Crippen LogP contribution in [0.15, 0.2) is 69.9 Å². The zero-order chi connectivity index (χ0) is 18.8. The Morgan fingerprint density at radius 1 is 0.778 bits per heavy atom. The topological polar surface area (TPSA) is 70.8 Å². The molecule has 1 aromatic heterocycles. The van der Waals surface area contributed by atoms with Gasteiger partial charge in [-0.25, -0.2) is 0 Å². The summed E-state index contributed by atoms with van der Waals surface area (Å²) in [6.07, 6.45) is 0. The van der Waals surface area contributed by atoms with E-state index >= 15 is 0 Å². The molecule has 6 nitrogen and oxygen atoms in total. The number of rotatable bonds is 2. The SMILES string of the molecule is O=C(c1ccccc1)N1CCN(C(=O)c2cc(=O)c3ccccc3o2)CC1. The highest BCUT2D eigenvalue weighted by Crippen LogP contribution is 2.15. The molecule has 0 radical (unpaired) electrons. The standard InChI is InChI=1S/C21H18N2O4/c24-17-14-19(27-18-9-5-4-8-16(17)18)21(26)23-12-10-22(11-13-23)20(25)15-6-2-1-3-7-15/h1-9,14H,10-13H2. The number of piperazine rings is 1. The van der Waals surface area contributed by atoms with Crippen LogP contribution in [0.4, 0.5) is 0 Å². The van der Waals surface area contributed by atoms with Crippen LogP contribution in [0.3, 0.4) is 0 Å². The van der Waals surface area contributed by atoms with Crippen molar-refractivity contribution in [1.29, 1.82) is 0 Å². The second-order valence-electron chi connectivity index (χ2n) is 6.42. The summed E-state index contributed by atoms with van der Waals surface area (Å²) in [6.45, 7) is 1.68. The zero-order valence-corrected chi connectivity index (χ0v) is 14.6. The van der Waals surface area contributed by atoms with Crippen molar-refractivity contribution < 1.29 is 14.0 Å². The van der Waals surface area contributed by atoms with Gasteiger partial charge in [-0.1, -0.05) is 30.3 Å². The number of carbonyl (C=O) groups is 2. The predicted octanol–water partition coefficient (Wildman–Crippen LogP) is 2.39. The number of hydrogen-bond acceptors (Lipinski definition) is 4. The summed E-state index contributed by atoms with van der Waals surface area (Å²) in [5.41, 5.74) is 0.794. The van der Waals surface area contributed by atoms with Crippen LogP contribution >= 0.6 is 0 Å². The van der Waals surface area contributed by atoms with E-state index in [-0.39, 0.29) is 23.0 Å². The molecule has 0 N–H and O–H groups in total. The molecule has 2 aromatic carbocycles. The van der Waals surface area contributed by atoms with Crippen LogP contribution < -0.4 is 5.43 Å². The van der Waals surface area contributed by atoms with Gasteiger partial charge in [-0.2, -0.15) is 0 Å². The number of amides is 2. The van der Waals surface area contributed by atoms with Gasteiger partial charge in [0, 0.05) is 37.8 Å². The molecule has 0 aliphatic carbocycles. The third-order valence-corrected chi connectivity index (χ3v) is 4.72. The van der Waals surface area contributed by atoms with Crippen molar-refractivity contribution in [1.82, 2.24) is 9.80 Å². The van der Waals surface area contributed by atoms with Crippen LogP contribution in [0, 0.1) is 0 Å². The van der Waals surface area contributed by atoms with Gasteiger partial charge in [0.05, 0.1) is 5.39 Å². The molecular formula is C21H18N2O4. The van der Waals surface area contributed by atoms with Gasteiger partial charge in [0.1, 0.15) is 5.58 Å². The van der Waals surface area contributed by atoms with Crippen molar-refractivity contribution in [3.63, 3.8) is 0 Å². The molecule has 0 bridgehead atoms. The fourth-order valence-electron chi connectivity index (χ4n) is 3.24. The lowest BCUT2D eigenvalue weighted by atomic mass is 10.1. The molecule has 3 aromatic rings. The first-order valence-electron chi connectivity index (χ1n) is 8.80. The maximum Gasteiger partial charge on any atom is 0.289 e. The molecule has 4 rings (SSSR count). The summed E-state index contributed by atoms with van der Waals surface area (Å²) < 4.78 is 5.63. The predicted molar refractivity (Wildman–Crippen MR) is 101 cm³/mol. The Bertz CT molecular complexity index is 1050. The summed E-state index contributed by atoms with van der Waals surface area (Å²) in [4.78, 5) is 40.8. The molecule has 1 fully saturated rings. The van der Waals surface area contributed by atoms with Gasteiger partial charge in [-0.05, 0) is 24.3 Å². The summed E-state index contributed by atoms with van der Waals surface area (Å²) in [5.74, 6) is -0.342. The lowest BCUT2D eigenvalue weighted by molar-refractivity contribution is 0.0518. The Hall–Kier alpha value is -3.41. The van der Waals surface area contributed by atoms with Crippen molar-refractivity contribution >= 4 is 22.8 Å². The zero-order valence-electron chi connectivity index (χ0n) is 14.6. The smallest absolute Gasteiger partial charge is 0.289 e. The van der Waals surface area contributed by atoms with E-state index in [0.717, 1.165) is 0 Å². The largest absolute Gasteiger partial charge is 0.451 e. The van der Waals surface area contributed by atoms with Crippen LogP contribution in [0.5, 0.6) is 0 Å². The lowest BCUT2D eigenvalue weighted by Crippen LogP contribution is -2.50. The van der Waals surface area contributed by atoms with Crippen LogP contribution in [-0.2, 0) is 0 Å². The minimum absolute atomic E-state index is 0.0292. The van der Waals surface area contributed by atoms with Crippen molar-refractivity contribution in [3.05, 3.63) is 82.2 Å². The number of para-hydroxylation sites is 1. The average Bonchev–Trinajstić information content (AvgIpc) is 2.73. The molecule has 0 atom stereocenters. The minimum atomic E-state index is -0.329. The van der Waals surface area contributed by atoms with Crippen LogP contribution in [-0.4, -0.2) is 47.8 Å². The van der Waals surface area contributed by atoms with Crippen molar-refractivity contribution in [3.8, 4) is 0 Å². The number of carbonyl (C=O) groups excluding carboxylic acids is 2. The molecule has 6 heteroatoms. The summed E-state index contributed by atoms with van der Waals surface area (Å²) >= 11 is 0. The van der Waals surface area contributed by atoms with E-state index in [1.165, 1.54) is 6.07 Å². The van der Waals surface area contributed by atoms with E-state index < -0.39 is 0 Å². The first kappa shape index (κ1) is 17.0. The van der Waals surface area contributed by atoms with E-state index in [1.54, 1.807) is 46.2 Å². The molecule has 2 heterocycles. The van der Waals surface area contributed by atoms with Gasteiger partial charge in [-0.15, -0.1) is 0 Å². The van der Waals surface area contributed by atoms with Gasteiger partial charge >= 0.3 is 0 Å². The molecule has 0 unspecified atom stereocenters. The molecule has 1 aliphatic heterocycles. The van der Waals surface area contributed by atoms with E-state index in [9.17, 15) is 14.4 Å². The fourth-order valence-corrected chi connectivity index (χ4v) is 3.24. The van der Waals surface area contributed by atoms with Crippen molar-refractivity contribution in [2.75, 3.05) is 26.2 Å². The van der Waals surface area contributed by atoms with E-state index in [1.807, 2.05) is 18.2 Å². The Morgan fingerprint density at radius 3 is 2.07 bits per heavy atom. The summed E-state index contributed by atoms with van der Waals surface area (Å²) in [6, 6.07) is 17.2. The normalized spacial score (nSPS) is 14.4. The Kier molecular flexibility index (Phi) is 4.46. The van der Waals surface area contributed by atoms with Gasteiger partial charge in [0.15, 0.2) is 11.2 Å². The molecule has 136 valence electrons. The maximum atomic E-state index is 12.7. The van der Waals surface area contributed by atoms with Gasteiger partial charge < -0.3 is 14.2 Å². The molecular weight excluding hydrogens is 344 g/mol. The van der Waals surface area contributed by atoms with Gasteiger partial charge in [0.25, 0.3) is 11.8 Å². The molecule has 2 amide bonds. The van der Waals surface area contributed by atoms with E-state index in [2.05, 4.69) is 0 Å². The van der Waals surface area contributed by atoms with E-state index in [0.29, 0.717) is 42.7 Å².